The van der Waals surface area contributed by atoms with Crippen molar-refractivity contribution in [1.82, 2.24) is 20.3 Å². The average Bonchev–Trinajstić information content (AvgIpc) is 3.66. The number of urea groups is 1. The highest BCUT2D eigenvalue weighted by atomic mass is 32.2. The van der Waals surface area contributed by atoms with Crippen LogP contribution in [0.2, 0.25) is 0 Å². The molecule has 1 saturated carbocycles. The number of aliphatic imine (C=N–C) groups is 1. The Morgan fingerprint density at radius 3 is 2.56 bits per heavy atom. The Morgan fingerprint density at radius 2 is 1.94 bits per heavy atom. The quantitative estimate of drug-likeness (QED) is 0.345. The molecule has 0 saturated heterocycles. The molecule has 0 aromatic carbocycles. The van der Waals surface area contributed by atoms with Crippen molar-refractivity contribution in [1.29, 1.82) is 0 Å². The second-order valence-electron chi connectivity index (χ2n) is 8.15. The summed E-state index contributed by atoms with van der Waals surface area (Å²) < 4.78 is 25.5. The minimum atomic E-state index is -3.68. The highest BCUT2D eigenvalue weighted by molar-refractivity contribution is 7.96. The largest absolute Gasteiger partial charge is 0.384 e. The Kier molecular flexibility index (Phi) is 8.15. The predicted molar refractivity (Wildman–Crippen MR) is 143 cm³/mol. The summed E-state index contributed by atoms with van der Waals surface area (Å²) in [6.07, 6.45) is 10.2. The lowest BCUT2D eigenvalue weighted by atomic mass is 10.2. The van der Waals surface area contributed by atoms with Gasteiger partial charge in [-0.15, -0.1) is 0 Å². The van der Waals surface area contributed by atoms with Crippen molar-refractivity contribution >= 4 is 39.3 Å². The molecular weight excluding hydrogens is 478 g/mol. The predicted octanol–water partition coefficient (Wildman–Crippen LogP) is 3.76. The number of pyridine rings is 1. The lowest BCUT2D eigenvalue weighted by Gasteiger charge is -2.17. The monoisotopic (exact) mass is 507 g/mol. The number of nitrogen functional groups attached to an aromatic ring is 1. The number of anilines is 2. The summed E-state index contributed by atoms with van der Waals surface area (Å²) in [5.74, 6) is 0.802. The summed E-state index contributed by atoms with van der Waals surface area (Å²) in [6, 6.07) is 6.24. The number of nitrogens with zero attached hydrogens (tertiary/aromatic N) is 4. The smallest absolute Gasteiger partial charge is 0.324 e. The Balaban J connectivity index is 1.86. The van der Waals surface area contributed by atoms with Gasteiger partial charge in [0, 0.05) is 41.7 Å². The lowest BCUT2D eigenvalue weighted by molar-refractivity contribution is 0.254. The van der Waals surface area contributed by atoms with Gasteiger partial charge in [-0.2, -0.15) is 0 Å². The summed E-state index contributed by atoms with van der Waals surface area (Å²) in [6.45, 7) is 7.07. The number of nitrogens with one attached hydrogen (secondary N) is 2. The van der Waals surface area contributed by atoms with Gasteiger partial charge in [-0.05, 0) is 57.0 Å². The molecule has 3 rings (SSSR count). The molecular formula is C25H29N7O3S. The third-order valence-electron chi connectivity index (χ3n) is 5.52. The van der Waals surface area contributed by atoms with Crippen molar-refractivity contribution in [3.63, 3.8) is 0 Å². The van der Waals surface area contributed by atoms with E-state index in [2.05, 4.69) is 37.2 Å². The topological polar surface area (TPSA) is 152 Å². The Hall–Kier alpha value is -4.12. The number of hydrogen-bond acceptors (Lipinski definition) is 8. The Morgan fingerprint density at radius 1 is 1.19 bits per heavy atom. The van der Waals surface area contributed by atoms with Gasteiger partial charge in [0.15, 0.2) is 15.7 Å². The van der Waals surface area contributed by atoms with Crippen molar-refractivity contribution in [2.75, 3.05) is 18.1 Å². The zero-order chi connectivity index (χ0) is 26.3. The first-order chi connectivity index (χ1) is 17.1. The van der Waals surface area contributed by atoms with E-state index in [1.165, 1.54) is 24.4 Å². The van der Waals surface area contributed by atoms with Crippen LogP contribution in [0.5, 0.6) is 0 Å². The maximum atomic E-state index is 13.3. The zero-order valence-electron chi connectivity index (χ0n) is 20.4. The van der Waals surface area contributed by atoms with E-state index < -0.39 is 20.6 Å². The highest BCUT2D eigenvalue weighted by Crippen LogP contribution is 2.54. The van der Waals surface area contributed by atoms with E-state index in [0.717, 1.165) is 0 Å². The fraction of sp³-hybridized carbons (Fsp3) is 0.240. The van der Waals surface area contributed by atoms with Gasteiger partial charge >= 0.3 is 6.03 Å². The maximum Gasteiger partial charge on any atom is 0.324 e. The first-order valence-corrected chi connectivity index (χ1v) is 12.6. The van der Waals surface area contributed by atoms with Crippen LogP contribution in [-0.2, 0) is 14.6 Å². The minimum Gasteiger partial charge on any atom is -0.384 e. The van der Waals surface area contributed by atoms with Crippen LogP contribution in [0.1, 0.15) is 38.2 Å². The second kappa shape index (κ2) is 11.1. The first-order valence-electron chi connectivity index (χ1n) is 11.1. The molecule has 0 atom stereocenters. The lowest BCUT2D eigenvalue weighted by Crippen LogP contribution is -2.27. The summed E-state index contributed by atoms with van der Waals surface area (Å²) in [5.41, 5.74) is 7.42. The van der Waals surface area contributed by atoms with E-state index in [9.17, 15) is 13.2 Å². The molecule has 2 heterocycles. The maximum absolute atomic E-state index is 13.3. The third kappa shape index (κ3) is 5.92. The van der Waals surface area contributed by atoms with Crippen molar-refractivity contribution in [3.8, 4) is 0 Å². The van der Waals surface area contributed by atoms with Crippen LogP contribution in [0.15, 0.2) is 76.9 Å². The van der Waals surface area contributed by atoms with E-state index in [4.69, 9.17) is 5.73 Å². The molecule has 0 aliphatic heterocycles. The Labute approximate surface area is 210 Å². The fourth-order valence-corrected chi connectivity index (χ4v) is 5.31. The molecule has 36 heavy (non-hydrogen) atoms. The molecule has 2 aromatic heterocycles. The molecule has 2 aromatic rings. The van der Waals surface area contributed by atoms with Crippen LogP contribution in [0.3, 0.4) is 0 Å². The van der Waals surface area contributed by atoms with Gasteiger partial charge in [-0.1, -0.05) is 18.7 Å². The van der Waals surface area contributed by atoms with Crippen LogP contribution in [-0.4, -0.2) is 42.7 Å². The minimum absolute atomic E-state index is 0.148. The van der Waals surface area contributed by atoms with Crippen LogP contribution in [0.4, 0.5) is 16.4 Å². The summed E-state index contributed by atoms with van der Waals surface area (Å²) in [5, 5.41) is 5.32. The van der Waals surface area contributed by atoms with Crippen molar-refractivity contribution < 1.29 is 13.2 Å². The molecule has 0 spiro atoms. The third-order valence-corrected chi connectivity index (χ3v) is 8.15. The number of hydrogen-bond donors (Lipinski definition) is 3. The van der Waals surface area contributed by atoms with E-state index in [0.29, 0.717) is 35.6 Å². The van der Waals surface area contributed by atoms with Crippen molar-refractivity contribution in [3.05, 3.63) is 83.5 Å². The fourth-order valence-electron chi connectivity index (χ4n) is 3.44. The molecule has 1 fully saturated rings. The molecule has 10 nitrogen and oxygen atoms in total. The summed E-state index contributed by atoms with van der Waals surface area (Å²) in [4.78, 5) is 29.1. The number of aromatic nitrogens is 3. The number of rotatable bonds is 9. The SMILES string of the molecule is C=C/C(=C\C=C(/C)NC(=O)Nc1ccccn1)c1nc(N)cc(C2(S(=O)(=O)/C(C)=C/C=NC)CC2)n1. The van der Waals surface area contributed by atoms with Gasteiger partial charge in [0.25, 0.3) is 0 Å². The van der Waals surface area contributed by atoms with Crippen LogP contribution >= 0.6 is 0 Å². The molecule has 188 valence electrons. The molecule has 2 amide bonds. The van der Waals surface area contributed by atoms with E-state index in [-0.39, 0.29) is 16.5 Å². The molecule has 0 bridgehead atoms. The standard InChI is InChI=1S/C25H29N7O3S/c1-5-19(10-9-17(2)29-24(33)32-22-8-6-7-14-28-22)23-30-20(16-21(26)31-23)25(12-13-25)36(34,35)18(3)11-15-27-4/h5-11,14-16H,1,12-13H2,2-4H3,(H2,26,30,31)(H2,28,29,32,33)/b17-9+,18-11+,19-10+,27-15?. The Bertz CT molecular complexity index is 1370. The van der Waals surface area contributed by atoms with Crippen molar-refractivity contribution in [2.45, 2.75) is 31.4 Å². The van der Waals surface area contributed by atoms with Gasteiger partial charge in [0.05, 0.1) is 5.69 Å². The number of amides is 2. The first kappa shape index (κ1) is 26.5. The summed E-state index contributed by atoms with van der Waals surface area (Å²) in [7, 11) is -2.10. The molecule has 0 radical (unpaired) electrons. The molecule has 4 N–H and O–H groups in total. The van der Waals surface area contributed by atoms with Crippen LogP contribution < -0.4 is 16.4 Å². The molecule has 1 aliphatic rings. The zero-order valence-corrected chi connectivity index (χ0v) is 21.2. The number of sulfone groups is 1. The highest BCUT2D eigenvalue weighted by Gasteiger charge is 2.57. The molecule has 11 heteroatoms. The van der Waals surface area contributed by atoms with Crippen LogP contribution in [0, 0.1) is 0 Å². The van der Waals surface area contributed by atoms with Gasteiger partial charge < -0.3 is 11.1 Å². The van der Waals surface area contributed by atoms with E-state index in [1.807, 2.05) is 0 Å². The number of allylic oxidation sites excluding steroid dienone is 7. The van der Waals surface area contributed by atoms with E-state index >= 15 is 0 Å². The normalized spacial score (nSPS) is 16.0. The van der Waals surface area contributed by atoms with Gasteiger partial charge in [-0.3, -0.25) is 10.3 Å². The molecule has 0 unspecified atom stereocenters. The van der Waals surface area contributed by atoms with Crippen LogP contribution in [0.25, 0.3) is 5.57 Å². The second-order valence-corrected chi connectivity index (χ2v) is 10.6. The molecule has 1 aliphatic carbocycles. The van der Waals surface area contributed by atoms with Crippen molar-refractivity contribution in [2.24, 2.45) is 4.99 Å². The number of nitrogens with two attached hydrogens (primary N) is 1. The number of carbonyl (C=O) groups is 1. The van der Waals surface area contributed by atoms with Gasteiger partial charge in [0.1, 0.15) is 16.4 Å². The average molecular weight is 508 g/mol. The van der Waals surface area contributed by atoms with Gasteiger partial charge in [-0.25, -0.2) is 28.2 Å². The summed E-state index contributed by atoms with van der Waals surface area (Å²) >= 11 is 0. The number of carbonyl (C=O) groups excluding carboxylic acids is 1. The van der Waals surface area contributed by atoms with E-state index in [1.54, 1.807) is 57.4 Å². The van der Waals surface area contributed by atoms with Gasteiger partial charge in [0.2, 0.25) is 0 Å².